The molecule has 0 radical (unpaired) electrons. The van der Waals surface area contributed by atoms with Gasteiger partial charge < -0.3 is 19.1 Å². The van der Waals surface area contributed by atoms with Gasteiger partial charge in [-0.3, -0.25) is 9.88 Å². The highest BCUT2D eigenvalue weighted by molar-refractivity contribution is 7.99. The van der Waals surface area contributed by atoms with E-state index in [4.69, 9.17) is 19.2 Å². The van der Waals surface area contributed by atoms with E-state index in [-0.39, 0.29) is 36.4 Å². The summed E-state index contributed by atoms with van der Waals surface area (Å²) in [5.41, 5.74) is 0.558. The number of thioether (sulfide) groups is 1. The first kappa shape index (κ1) is 31.3. The van der Waals surface area contributed by atoms with Gasteiger partial charge in [0.15, 0.2) is 12.6 Å². The number of fused-ring (bicyclic) bond motifs is 3. The van der Waals surface area contributed by atoms with Crippen molar-refractivity contribution in [2.45, 2.75) is 50.7 Å². The Morgan fingerprint density at radius 3 is 2.80 bits per heavy atom. The summed E-state index contributed by atoms with van der Waals surface area (Å²) in [7, 11) is 1.52. The minimum Gasteiger partial charge on any atom is -0.468 e. The molecule has 1 unspecified atom stereocenters. The Morgan fingerprint density at radius 1 is 1.07 bits per heavy atom. The average molecular weight is 654 g/mol. The molecular formula is C34H38F3N5O3S. The third-order valence-electron chi connectivity index (χ3n) is 9.49. The summed E-state index contributed by atoms with van der Waals surface area (Å²) in [5.74, 6) is 1.93. The number of halogens is 3. The van der Waals surface area contributed by atoms with Crippen LogP contribution in [0.1, 0.15) is 38.2 Å². The fourth-order valence-electron chi connectivity index (χ4n) is 7.35. The smallest absolute Gasteiger partial charge is 0.319 e. The molecule has 46 heavy (non-hydrogen) atoms. The highest BCUT2D eigenvalue weighted by Gasteiger charge is 2.49. The minimum absolute atomic E-state index is 0.00607. The Kier molecular flexibility index (Phi) is 8.86. The van der Waals surface area contributed by atoms with Crippen LogP contribution in [0.3, 0.4) is 0 Å². The number of hydrogen-bond acceptors (Lipinski definition) is 9. The maximum absolute atomic E-state index is 17.0. The number of aromatic nitrogens is 3. The summed E-state index contributed by atoms with van der Waals surface area (Å²) in [6.45, 7) is 4.83. The largest absolute Gasteiger partial charge is 0.468 e. The van der Waals surface area contributed by atoms with Crippen molar-refractivity contribution >= 4 is 39.3 Å². The van der Waals surface area contributed by atoms with Crippen molar-refractivity contribution in [3.63, 3.8) is 0 Å². The molecule has 0 saturated carbocycles. The molecule has 3 saturated heterocycles. The second kappa shape index (κ2) is 13.0. The molecule has 0 bridgehead atoms. The van der Waals surface area contributed by atoms with Gasteiger partial charge >= 0.3 is 6.01 Å². The highest BCUT2D eigenvalue weighted by Crippen LogP contribution is 2.42. The van der Waals surface area contributed by atoms with Crippen molar-refractivity contribution < 1.29 is 27.4 Å². The lowest BCUT2D eigenvalue weighted by Crippen LogP contribution is -2.43. The maximum Gasteiger partial charge on any atom is 0.319 e. The van der Waals surface area contributed by atoms with Crippen LogP contribution in [0.2, 0.25) is 0 Å². The molecule has 0 spiro atoms. The van der Waals surface area contributed by atoms with Crippen LogP contribution in [0.5, 0.6) is 11.8 Å². The molecule has 2 aromatic heterocycles. The quantitative estimate of drug-likeness (QED) is 0.187. The number of alkyl halides is 1. The van der Waals surface area contributed by atoms with E-state index in [0.717, 1.165) is 50.4 Å². The lowest BCUT2D eigenvalue weighted by Gasteiger charge is -2.31. The molecule has 2 aromatic carbocycles. The van der Waals surface area contributed by atoms with E-state index in [1.165, 1.54) is 13.2 Å². The van der Waals surface area contributed by atoms with Crippen LogP contribution >= 0.6 is 11.8 Å². The number of aryl methyl sites for hydroxylation is 1. The number of nitrogens with zero attached hydrogens (tertiary/aromatic N) is 5. The van der Waals surface area contributed by atoms with Crippen LogP contribution in [0, 0.1) is 11.6 Å². The number of rotatable bonds is 9. The Balaban J connectivity index is 1.38. The van der Waals surface area contributed by atoms with Crippen LogP contribution in [0.4, 0.5) is 19.0 Å². The molecule has 7 rings (SSSR count). The standard InChI is InChI=1S/C34H38F3N5O3S/c1-3-24-27(36)7-6-21-14-23(45-20-43-2)15-25(28(21)24)30-29(37)31-26(17-38-30)32(41-9-5-12-46-13-11-41)40-33(39-31)44-19-34-8-4-10-42(34)18-22(35)16-34/h6-7,14-15,17,22H,3-5,8-13,16,18-20H2,1-2H3/t22?,34-/m0/s1. The monoisotopic (exact) mass is 653 g/mol. The molecule has 5 heterocycles. The number of methoxy groups -OCH3 is 1. The van der Waals surface area contributed by atoms with Gasteiger partial charge in [0.2, 0.25) is 0 Å². The van der Waals surface area contributed by atoms with Crippen LogP contribution in [-0.4, -0.2) is 89.8 Å². The van der Waals surface area contributed by atoms with E-state index < -0.39 is 17.5 Å². The summed E-state index contributed by atoms with van der Waals surface area (Å²) in [6.07, 6.45) is 4.30. The lowest BCUT2D eigenvalue weighted by atomic mass is 9.94. The molecule has 8 nitrogen and oxygen atoms in total. The summed E-state index contributed by atoms with van der Waals surface area (Å²) >= 11 is 1.88. The van der Waals surface area contributed by atoms with Crippen molar-refractivity contribution in [1.29, 1.82) is 0 Å². The molecular weight excluding hydrogens is 615 g/mol. The molecule has 244 valence electrons. The Hall–Kier alpha value is -3.35. The first-order chi connectivity index (χ1) is 22.4. The van der Waals surface area contributed by atoms with Crippen molar-refractivity contribution in [3.05, 3.63) is 47.7 Å². The topological polar surface area (TPSA) is 72.8 Å². The fraction of sp³-hybridized carbons (Fsp3) is 0.500. The molecule has 0 aliphatic carbocycles. The highest BCUT2D eigenvalue weighted by atomic mass is 32.2. The molecule has 3 aliphatic rings. The Labute approximate surface area is 270 Å². The first-order valence-corrected chi connectivity index (χ1v) is 17.1. The molecule has 0 amide bonds. The second-order valence-corrected chi connectivity index (χ2v) is 13.6. The SMILES string of the molecule is CCc1c(F)ccc2cc(OCOC)cc(-c3ncc4c(N5CCCSCC5)nc(OC[C@@]56CCCN5CC(F)C6)nc4c3F)c12. The summed E-state index contributed by atoms with van der Waals surface area (Å²) in [5, 5.41) is 1.74. The van der Waals surface area contributed by atoms with E-state index in [2.05, 4.69) is 19.8 Å². The Bertz CT molecular complexity index is 1760. The molecule has 12 heteroatoms. The molecule has 2 atom stereocenters. The zero-order valence-corrected chi connectivity index (χ0v) is 27.0. The summed E-state index contributed by atoms with van der Waals surface area (Å²) in [6, 6.07) is 6.59. The second-order valence-electron chi connectivity index (χ2n) is 12.3. The zero-order valence-electron chi connectivity index (χ0n) is 26.2. The molecule has 4 aromatic rings. The van der Waals surface area contributed by atoms with Crippen LogP contribution < -0.4 is 14.4 Å². The van der Waals surface area contributed by atoms with Gasteiger partial charge in [-0.05, 0) is 72.5 Å². The van der Waals surface area contributed by atoms with Gasteiger partial charge in [-0.25, -0.2) is 13.2 Å². The lowest BCUT2D eigenvalue weighted by molar-refractivity contribution is 0.0512. The van der Waals surface area contributed by atoms with E-state index in [9.17, 15) is 4.39 Å². The first-order valence-electron chi connectivity index (χ1n) is 16.0. The van der Waals surface area contributed by atoms with E-state index in [1.54, 1.807) is 24.4 Å². The third-order valence-corrected chi connectivity index (χ3v) is 10.5. The van der Waals surface area contributed by atoms with Gasteiger partial charge in [0, 0.05) is 50.7 Å². The molecule has 3 fully saturated rings. The normalized spacial score (nSPS) is 22.0. The van der Waals surface area contributed by atoms with Gasteiger partial charge in [-0.2, -0.15) is 21.7 Å². The summed E-state index contributed by atoms with van der Waals surface area (Å²) in [4.78, 5) is 18.4. The molecule has 0 N–H and O–H groups in total. The van der Waals surface area contributed by atoms with E-state index in [1.807, 2.05) is 18.7 Å². The predicted molar refractivity (Wildman–Crippen MR) is 175 cm³/mol. The molecule has 3 aliphatic heterocycles. The van der Waals surface area contributed by atoms with Crippen molar-refractivity contribution in [3.8, 4) is 23.0 Å². The number of hydrogen-bond donors (Lipinski definition) is 0. The van der Waals surface area contributed by atoms with Gasteiger partial charge in [-0.15, -0.1) is 0 Å². The van der Waals surface area contributed by atoms with Gasteiger partial charge in [-0.1, -0.05) is 13.0 Å². The fourth-order valence-corrected chi connectivity index (χ4v) is 8.24. The average Bonchev–Trinajstić information content (AvgIpc) is 3.44. The van der Waals surface area contributed by atoms with Crippen molar-refractivity contribution in [1.82, 2.24) is 19.9 Å². The van der Waals surface area contributed by atoms with Crippen molar-refractivity contribution in [2.24, 2.45) is 0 Å². The number of benzene rings is 2. The van der Waals surface area contributed by atoms with Gasteiger partial charge in [0.05, 0.1) is 10.9 Å². The van der Waals surface area contributed by atoms with Gasteiger partial charge in [0.1, 0.15) is 41.4 Å². The number of anilines is 1. The maximum atomic E-state index is 17.0. The Morgan fingerprint density at radius 2 is 1.96 bits per heavy atom. The predicted octanol–water partition coefficient (Wildman–Crippen LogP) is 6.57. The summed E-state index contributed by atoms with van der Waals surface area (Å²) < 4.78 is 63.7. The van der Waals surface area contributed by atoms with E-state index >= 15 is 8.78 Å². The van der Waals surface area contributed by atoms with Crippen LogP contribution in [-0.2, 0) is 11.2 Å². The number of ether oxygens (including phenoxy) is 3. The van der Waals surface area contributed by atoms with E-state index in [0.29, 0.717) is 58.2 Å². The third kappa shape index (κ3) is 5.73. The van der Waals surface area contributed by atoms with Gasteiger partial charge in [0.25, 0.3) is 0 Å². The zero-order chi connectivity index (χ0) is 31.8. The number of pyridine rings is 1. The van der Waals surface area contributed by atoms with Crippen LogP contribution in [0.25, 0.3) is 32.9 Å². The minimum atomic E-state index is -0.894. The van der Waals surface area contributed by atoms with Crippen molar-refractivity contribution in [2.75, 3.05) is 63.1 Å². The van der Waals surface area contributed by atoms with Crippen LogP contribution in [0.15, 0.2) is 30.5 Å².